The number of rotatable bonds is 5. The number of carbonyl (C=O) groups is 2. The minimum Gasteiger partial charge on any atom is -0.397 e. The van der Waals surface area contributed by atoms with Gasteiger partial charge in [-0.3, -0.25) is 9.59 Å². The quantitative estimate of drug-likeness (QED) is 0.628. The highest BCUT2D eigenvalue weighted by molar-refractivity contribution is 7.19. The molecule has 0 aliphatic heterocycles. The third kappa shape index (κ3) is 2.13. The lowest BCUT2D eigenvalue weighted by Crippen LogP contribution is -2.17. The summed E-state index contributed by atoms with van der Waals surface area (Å²) in [5, 5.41) is 3.76. The zero-order valence-corrected chi connectivity index (χ0v) is 10.8. The number of primary amides is 2. The minimum absolute atomic E-state index is 0.0798. The Morgan fingerprint density at radius 1 is 1.39 bits per heavy atom. The van der Waals surface area contributed by atoms with Crippen LogP contribution < -0.4 is 22.5 Å². The maximum Gasteiger partial charge on any atom is 0.260 e. The van der Waals surface area contributed by atoms with Crippen LogP contribution in [0.4, 0.5) is 10.7 Å². The Bertz CT molecular complexity index is 511. The fourth-order valence-electron chi connectivity index (χ4n) is 2.02. The lowest BCUT2D eigenvalue weighted by molar-refractivity contribution is 0.0999. The number of thiophene rings is 1. The summed E-state index contributed by atoms with van der Waals surface area (Å²) in [4.78, 5) is 22.8. The molecule has 1 aliphatic rings. The second kappa shape index (κ2) is 4.49. The Morgan fingerprint density at radius 2 is 2.06 bits per heavy atom. The van der Waals surface area contributed by atoms with Gasteiger partial charge in [-0.15, -0.1) is 11.3 Å². The predicted octanol–water partition coefficient (Wildman–Crippen LogP) is 0.739. The molecule has 18 heavy (non-hydrogen) atoms. The van der Waals surface area contributed by atoms with Crippen molar-refractivity contribution in [2.45, 2.75) is 25.8 Å². The Hall–Kier alpha value is -1.76. The number of nitrogens with two attached hydrogens (primary N) is 3. The van der Waals surface area contributed by atoms with Gasteiger partial charge in [-0.05, 0) is 12.3 Å². The highest BCUT2D eigenvalue weighted by Crippen LogP contribution is 2.41. The van der Waals surface area contributed by atoms with Crippen molar-refractivity contribution in [3.8, 4) is 0 Å². The molecule has 1 heterocycles. The first-order valence-corrected chi connectivity index (χ1v) is 6.55. The molecule has 0 bridgehead atoms. The molecule has 1 aromatic heterocycles. The van der Waals surface area contributed by atoms with E-state index in [9.17, 15) is 9.59 Å². The normalized spacial score (nSPS) is 21.6. The topological polar surface area (TPSA) is 124 Å². The molecule has 7 heteroatoms. The molecule has 0 saturated heterocycles. The summed E-state index contributed by atoms with van der Waals surface area (Å²) in [5.41, 5.74) is 16.5. The third-order valence-corrected chi connectivity index (χ3v) is 4.33. The van der Waals surface area contributed by atoms with Crippen molar-refractivity contribution in [3.63, 3.8) is 0 Å². The van der Waals surface area contributed by atoms with Crippen LogP contribution in [0.5, 0.6) is 0 Å². The van der Waals surface area contributed by atoms with Gasteiger partial charge in [0.05, 0.1) is 11.3 Å². The van der Waals surface area contributed by atoms with E-state index in [2.05, 4.69) is 12.2 Å². The average Bonchev–Trinajstić information content (AvgIpc) is 2.94. The SMILES string of the molecule is CCC1CC1Nc1sc(C(N)=O)c(N)c1C(N)=O. The summed E-state index contributed by atoms with van der Waals surface area (Å²) in [6, 6.07) is 0.326. The third-order valence-electron chi connectivity index (χ3n) is 3.18. The van der Waals surface area contributed by atoms with E-state index in [0.29, 0.717) is 17.0 Å². The van der Waals surface area contributed by atoms with Gasteiger partial charge in [0, 0.05) is 6.04 Å². The molecule has 0 aromatic carbocycles. The van der Waals surface area contributed by atoms with E-state index < -0.39 is 11.8 Å². The number of nitrogen functional groups attached to an aromatic ring is 1. The Morgan fingerprint density at radius 3 is 2.50 bits per heavy atom. The molecular weight excluding hydrogens is 252 g/mol. The number of nitrogens with one attached hydrogen (secondary N) is 1. The van der Waals surface area contributed by atoms with Gasteiger partial charge in [0.1, 0.15) is 9.88 Å². The zero-order chi connectivity index (χ0) is 13.4. The van der Waals surface area contributed by atoms with E-state index in [1.54, 1.807) is 0 Å². The number of hydrogen-bond acceptors (Lipinski definition) is 5. The van der Waals surface area contributed by atoms with Crippen LogP contribution in [0.1, 0.15) is 39.8 Å². The molecule has 6 nitrogen and oxygen atoms in total. The van der Waals surface area contributed by atoms with Crippen molar-refractivity contribution in [1.29, 1.82) is 0 Å². The fraction of sp³-hybridized carbons (Fsp3) is 0.455. The summed E-state index contributed by atoms with van der Waals surface area (Å²) >= 11 is 1.09. The summed E-state index contributed by atoms with van der Waals surface area (Å²) in [5.74, 6) is -0.686. The summed E-state index contributed by atoms with van der Waals surface area (Å²) in [6.45, 7) is 2.11. The van der Waals surface area contributed by atoms with Gasteiger partial charge in [0.2, 0.25) is 0 Å². The highest BCUT2D eigenvalue weighted by Gasteiger charge is 2.37. The Labute approximate surface area is 109 Å². The molecule has 1 aliphatic carbocycles. The Balaban J connectivity index is 2.31. The summed E-state index contributed by atoms with van der Waals surface area (Å²) < 4.78 is 0. The number of hydrogen-bond donors (Lipinski definition) is 4. The monoisotopic (exact) mass is 268 g/mol. The molecule has 0 spiro atoms. The van der Waals surface area contributed by atoms with E-state index in [4.69, 9.17) is 17.2 Å². The molecule has 2 rings (SSSR count). The van der Waals surface area contributed by atoms with Crippen LogP contribution in [0, 0.1) is 5.92 Å². The van der Waals surface area contributed by atoms with Crippen molar-refractivity contribution in [3.05, 3.63) is 10.4 Å². The summed E-state index contributed by atoms with van der Waals surface area (Å²) in [7, 11) is 0. The first-order chi connectivity index (χ1) is 8.45. The predicted molar refractivity (Wildman–Crippen MR) is 71.6 cm³/mol. The lowest BCUT2D eigenvalue weighted by atomic mass is 10.2. The van der Waals surface area contributed by atoms with Gasteiger partial charge in [0.15, 0.2) is 0 Å². The summed E-state index contributed by atoms with van der Waals surface area (Å²) in [6.07, 6.45) is 2.13. The van der Waals surface area contributed by atoms with Gasteiger partial charge < -0.3 is 22.5 Å². The van der Waals surface area contributed by atoms with Crippen LogP contribution in [-0.2, 0) is 0 Å². The molecule has 7 N–H and O–H groups in total. The maximum absolute atomic E-state index is 11.4. The van der Waals surface area contributed by atoms with Crippen molar-refractivity contribution < 1.29 is 9.59 Å². The van der Waals surface area contributed by atoms with E-state index in [0.717, 1.165) is 24.2 Å². The molecule has 1 saturated carbocycles. The zero-order valence-electron chi connectivity index (χ0n) is 10.0. The van der Waals surface area contributed by atoms with Gasteiger partial charge in [0.25, 0.3) is 11.8 Å². The highest BCUT2D eigenvalue weighted by atomic mass is 32.1. The minimum atomic E-state index is -0.646. The van der Waals surface area contributed by atoms with Crippen LogP contribution in [0.25, 0.3) is 0 Å². The second-order valence-electron chi connectivity index (χ2n) is 4.43. The van der Waals surface area contributed by atoms with Crippen LogP contribution in [0.3, 0.4) is 0 Å². The number of carbonyl (C=O) groups excluding carboxylic acids is 2. The van der Waals surface area contributed by atoms with Crippen LogP contribution >= 0.6 is 11.3 Å². The molecule has 1 fully saturated rings. The smallest absolute Gasteiger partial charge is 0.260 e. The average molecular weight is 268 g/mol. The van der Waals surface area contributed by atoms with Gasteiger partial charge >= 0.3 is 0 Å². The van der Waals surface area contributed by atoms with E-state index in [1.807, 2.05) is 0 Å². The first kappa shape index (κ1) is 12.7. The van der Waals surface area contributed by atoms with Crippen molar-refractivity contribution in [2.24, 2.45) is 17.4 Å². The molecule has 2 amide bonds. The van der Waals surface area contributed by atoms with Gasteiger partial charge in [-0.1, -0.05) is 13.3 Å². The molecular formula is C11H16N4O2S. The Kier molecular flexibility index (Phi) is 3.16. The number of amides is 2. The van der Waals surface area contributed by atoms with Gasteiger partial charge in [-0.25, -0.2) is 0 Å². The lowest BCUT2D eigenvalue weighted by Gasteiger charge is -2.04. The van der Waals surface area contributed by atoms with Crippen LogP contribution in [0.2, 0.25) is 0 Å². The second-order valence-corrected chi connectivity index (χ2v) is 5.45. The van der Waals surface area contributed by atoms with Crippen molar-refractivity contribution >= 4 is 33.8 Å². The van der Waals surface area contributed by atoms with Gasteiger partial charge in [-0.2, -0.15) is 0 Å². The van der Waals surface area contributed by atoms with Crippen LogP contribution in [0.15, 0.2) is 0 Å². The fourth-order valence-corrected chi connectivity index (χ4v) is 3.06. The first-order valence-electron chi connectivity index (χ1n) is 5.74. The van der Waals surface area contributed by atoms with Crippen molar-refractivity contribution in [2.75, 3.05) is 11.1 Å². The molecule has 98 valence electrons. The molecule has 0 radical (unpaired) electrons. The molecule has 2 atom stereocenters. The van der Waals surface area contributed by atoms with E-state index in [1.165, 1.54) is 0 Å². The van der Waals surface area contributed by atoms with E-state index >= 15 is 0 Å². The molecule has 2 unspecified atom stereocenters. The van der Waals surface area contributed by atoms with Crippen molar-refractivity contribution in [1.82, 2.24) is 0 Å². The number of anilines is 2. The molecule has 1 aromatic rings. The maximum atomic E-state index is 11.4. The largest absolute Gasteiger partial charge is 0.397 e. The van der Waals surface area contributed by atoms with E-state index in [-0.39, 0.29) is 16.1 Å². The van der Waals surface area contributed by atoms with Crippen LogP contribution in [-0.4, -0.2) is 17.9 Å². The standard InChI is InChI=1S/C11H16N4O2S/c1-2-4-3-5(4)15-11-6(9(13)16)7(12)8(18-11)10(14)17/h4-5,15H,2-3,12H2,1H3,(H2,13,16)(H2,14,17).